The van der Waals surface area contributed by atoms with Gasteiger partial charge in [0.25, 0.3) is 0 Å². The number of benzene rings is 16. The van der Waals surface area contributed by atoms with Gasteiger partial charge in [-0.1, -0.05) is 206 Å². The summed E-state index contributed by atoms with van der Waals surface area (Å²) in [5.41, 5.74) is 13.8. The van der Waals surface area contributed by atoms with Crippen LogP contribution in [0.5, 0.6) is 0 Å². The molecule has 0 N–H and O–H groups in total. The third kappa shape index (κ3) is 10.4. The maximum Gasteiger partial charge on any atom is 0.0640 e. The number of hydrogen-bond acceptors (Lipinski definition) is 8. The molecule has 0 spiro atoms. The third-order valence-corrected chi connectivity index (χ3v) is 24.0. The molecule has 8 heteroatoms. The van der Waals surface area contributed by atoms with Crippen LogP contribution in [0.4, 0.5) is 68.2 Å². The number of nitrogens with zero attached hydrogens (tertiary/aromatic N) is 4. The second-order valence-corrected chi connectivity index (χ2v) is 29.3. The Hall–Kier alpha value is -11.9. The standard InChI is InChI=1S/2C46H30N2S2/c1-4-15-31(16-5-1)47(32-17-6-2-7-18-32)42-30-40-38-24-14-25-41(46(38)50-45(40)37-23-11-10-21-35(37)42)48(33-19-8-3-9-20-33)34-27-28-44-39(29-34)36-22-12-13-26-43(36)49-44;1-4-14-31(15-5-1)47(34-24-26-44-39(28-34)37-21-12-13-23-43(37)49-44)35-25-27-45-40(29-35)41-30-42(36-20-10-11-22-38(36)46(41)50-45)48(32-16-6-2-7-17-32)33-18-8-3-9-19-33/h2*1-30H. The maximum absolute atomic E-state index is 2.44. The first kappa shape index (κ1) is 59.4. The van der Waals surface area contributed by atoms with E-state index in [2.05, 4.69) is 384 Å². The molecule has 0 aliphatic heterocycles. The van der Waals surface area contributed by atoms with Crippen LogP contribution in [0.1, 0.15) is 0 Å². The summed E-state index contributed by atoms with van der Waals surface area (Å²) in [6, 6.07) is 132. The van der Waals surface area contributed by atoms with Gasteiger partial charge >= 0.3 is 0 Å². The Bertz CT molecular complexity index is 6250. The number of thiophene rings is 4. The zero-order chi connectivity index (χ0) is 66.0. The lowest BCUT2D eigenvalue weighted by molar-refractivity contribution is 1.30. The number of fused-ring (bicyclic) bond motifs is 16. The molecule has 0 radical (unpaired) electrons. The second-order valence-electron chi connectivity index (χ2n) is 25.1. The van der Waals surface area contributed by atoms with E-state index < -0.39 is 0 Å². The fourth-order valence-corrected chi connectivity index (χ4v) is 19.4. The average molecular weight is 1350 g/mol. The summed E-state index contributed by atoms with van der Waals surface area (Å²) in [6.45, 7) is 0. The van der Waals surface area contributed by atoms with Gasteiger partial charge in [-0.25, -0.2) is 0 Å². The summed E-state index contributed by atoms with van der Waals surface area (Å²) in [5, 5.41) is 15.3. The van der Waals surface area contributed by atoms with Crippen molar-refractivity contribution in [3.8, 4) is 0 Å². The van der Waals surface area contributed by atoms with E-state index in [1.807, 2.05) is 45.3 Å². The van der Waals surface area contributed by atoms with Gasteiger partial charge in [-0.2, -0.15) is 0 Å². The largest absolute Gasteiger partial charge is 0.310 e. The quantitative estimate of drug-likeness (QED) is 0.121. The Morgan fingerprint density at radius 2 is 0.420 bits per heavy atom. The first-order valence-corrected chi connectivity index (χ1v) is 37.0. The Morgan fingerprint density at radius 3 is 0.840 bits per heavy atom. The highest BCUT2D eigenvalue weighted by Gasteiger charge is 2.25. The minimum absolute atomic E-state index is 1.13. The summed E-state index contributed by atoms with van der Waals surface area (Å²) < 4.78 is 10.4. The van der Waals surface area contributed by atoms with Crippen molar-refractivity contribution >= 4 is 216 Å². The van der Waals surface area contributed by atoms with Crippen LogP contribution >= 0.6 is 45.3 Å². The van der Waals surface area contributed by atoms with Gasteiger partial charge in [0.05, 0.1) is 21.8 Å². The van der Waals surface area contributed by atoms with Crippen LogP contribution in [0, 0.1) is 0 Å². The van der Waals surface area contributed by atoms with Crippen molar-refractivity contribution in [2.45, 2.75) is 0 Å². The van der Waals surface area contributed by atoms with Gasteiger partial charge in [0.2, 0.25) is 0 Å². The SMILES string of the molecule is c1ccc(N(c2ccc3sc4ccccc4c3c2)c2ccc3sc4c5ccccc5c(N(c5ccccc5)c5ccccc5)cc4c3c2)cc1.c1ccc(N(c2ccccc2)c2cc3c4cccc(N(c5ccccc5)c5ccc6sc7ccccc7c6c5)c4sc3c3ccccc23)cc1. The molecule has 0 fully saturated rings. The molecule has 0 saturated heterocycles. The molecule has 472 valence electrons. The van der Waals surface area contributed by atoms with Gasteiger partial charge in [-0.15, -0.1) is 45.3 Å². The van der Waals surface area contributed by atoms with E-state index in [0.717, 1.165) is 51.2 Å². The molecule has 0 amide bonds. The molecular weight excluding hydrogens is 1290 g/mol. The number of rotatable bonds is 12. The Balaban J connectivity index is 0.000000139. The average Bonchev–Trinajstić information content (AvgIpc) is 1.50. The molecule has 0 bridgehead atoms. The van der Waals surface area contributed by atoms with E-state index in [0.29, 0.717) is 0 Å². The molecule has 20 aromatic rings. The Morgan fingerprint density at radius 1 is 0.140 bits per heavy atom. The third-order valence-electron chi connectivity index (χ3n) is 19.2. The van der Waals surface area contributed by atoms with Crippen molar-refractivity contribution in [2.75, 3.05) is 19.6 Å². The molecule has 0 aliphatic rings. The van der Waals surface area contributed by atoms with Crippen LogP contribution < -0.4 is 19.6 Å². The lowest BCUT2D eigenvalue weighted by atomic mass is 10.0. The van der Waals surface area contributed by atoms with Gasteiger partial charge < -0.3 is 19.6 Å². The van der Waals surface area contributed by atoms with Crippen molar-refractivity contribution < 1.29 is 0 Å². The van der Waals surface area contributed by atoms with Crippen molar-refractivity contribution in [1.82, 2.24) is 0 Å². The van der Waals surface area contributed by atoms with E-state index in [1.165, 1.54) is 119 Å². The molecular formula is C92H60N4S4. The summed E-state index contributed by atoms with van der Waals surface area (Å²) in [7, 11) is 0. The zero-order valence-electron chi connectivity index (χ0n) is 54.1. The van der Waals surface area contributed by atoms with E-state index in [-0.39, 0.29) is 0 Å². The highest BCUT2D eigenvalue weighted by atomic mass is 32.1. The lowest BCUT2D eigenvalue weighted by Gasteiger charge is -2.27. The van der Waals surface area contributed by atoms with Crippen LogP contribution in [-0.4, -0.2) is 0 Å². The second kappa shape index (κ2) is 25.2. The molecule has 0 atom stereocenters. The number of anilines is 12. The molecule has 0 unspecified atom stereocenters. The molecule has 4 aromatic heterocycles. The molecule has 20 rings (SSSR count). The fourth-order valence-electron chi connectivity index (χ4n) is 14.7. The van der Waals surface area contributed by atoms with E-state index in [1.54, 1.807) is 0 Å². The van der Waals surface area contributed by atoms with Crippen LogP contribution in [0.3, 0.4) is 0 Å². The summed E-state index contributed by atoms with van der Waals surface area (Å²) in [6.07, 6.45) is 0. The van der Waals surface area contributed by atoms with Crippen molar-refractivity contribution in [2.24, 2.45) is 0 Å². The normalized spacial score (nSPS) is 11.6. The first-order chi connectivity index (χ1) is 49.6. The van der Waals surface area contributed by atoms with Gasteiger partial charge in [-0.3, -0.25) is 0 Å². The summed E-state index contributed by atoms with van der Waals surface area (Å²) in [4.78, 5) is 9.63. The molecule has 100 heavy (non-hydrogen) atoms. The van der Waals surface area contributed by atoms with Crippen molar-refractivity contribution in [1.29, 1.82) is 0 Å². The monoisotopic (exact) mass is 1350 g/mol. The van der Waals surface area contributed by atoms with E-state index >= 15 is 0 Å². The lowest BCUT2D eigenvalue weighted by Crippen LogP contribution is -2.10. The van der Waals surface area contributed by atoms with Crippen LogP contribution in [-0.2, 0) is 0 Å². The van der Waals surface area contributed by atoms with Crippen molar-refractivity contribution in [3.05, 3.63) is 364 Å². The predicted molar refractivity (Wildman–Crippen MR) is 438 cm³/mol. The smallest absolute Gasteiger partial charge is 0.0640 e. The Labute approximate surface area is 594 Å². The molecule has 4 heterocycles. The van der Waals surface area contributed by atoms with Crippen LogP contribution in [0.2, 0.25) is 0 Å². The summed E-state index contributed by atoms with van der Waals surface area (Å²) in [5.74, 6) is 0. The minimum atomic E-state index is 1.13. The fraction of sp³-hybridized carbons (Fsp3) is 0. The molecule has 0 saturated carbocycles. The number of hydrogen-bond donors (Lipinski definition) is 0. The highest BCUT2D eigenvalue weighted by Crippen LogP contribution is 2.53. The topological polar surface area (TPSA) is 13.0 Å². The van der Waals surface area contributed by atoms with E-state index in [9.17, 15) is 0 Å². The Kier molecular flexibility index (Phi) is 15.0. The first-order valence-electron chi connectivity index (χ1n) is 33.7. The predicted octanol–water partition coefficient (Wildman–Crippen LogP) is 29.0. The zero-order valence-corrected chi connectivity index (χ0v) is 57.3. The minimum Gasteiger partial charge on any atom is -0.310 e. The number of para-hydroxylation sites is 6. The molecule has 16 aromatic carbocycles. The van der Waals surface area contributed by atoms with E-state index in [4.69, 9.17) is 0 Å². The maximum atomic E-state index is 2.44. The van der Waals surface area contributed by atoms with Gasteiger partial charge in [0.1, 0.15) is 0 Å². The van der Waals surface area contributed by atoms with Gasteiger partial charge in [-0.05, 0) is 158 Å². The van der Waals surface area contributed by atoms with Gasteiger partial charge in [0, 0.05) is 149 Å². The summed E-state index contributed by atoms with van der Waals surface area (Å²) >= 11 is 7.50. The van der Waals surface area contributed by atoms with Crippen LogP contribution in [0.15, 0.2) is 364 Å². The van der Waals surface area contributed by atoms with Gasteiger partial charge in [0.15, 0.2) is 0 Å². The van der Waals surface area contributed by atoms with Crippen LogP contribution in [0.25, 0.3) is 102 Å². The highest BCUT2D eigenvalue weighted by molar-refractivity contribution is 7.28. The molecule has 4 nitrogen and oxygen atoms in total. The molecule has 0 aliphatic carbocycles. The van der Waals surface area contributed by atoms with Crippen molar-refractivity contribution in [3.63, 3.8) is 0 Å².